The molecule has 0 radical (unpaired) electrons. The van der Waals surface area contributed by atoms with Gasteiger partial charge in [-0.25, -0.2) is 9.37 Å². The Morgan fingerprint density at radius 3 is 2.25 bits per heavy atom. The van der Waals surface area contributed by atoms with Gasteiger partial charge in [0.05, 0.1) is 6.20 Å². The zero-order chi connectivity index (χ0) is 29.8. The number of halogens is 1. The minimum Gasteiger partial charge on any atom is -0.350 e. The Hall–Kier alpha value is -2.62. The first-order chi connectivity index (χ1) is 19.0. The third-order valence-electron chi connectivity index (χ3n) is 8.36. The van der Waals surface area contributed by atoms with Crippen molar-refractivity contribution in [3.8, 4) is 0 Å². The van der Waals surface area contributed by atoms with Gasteiger partial charge in [0.2, 0.25) is 0 Å². The molecular weight excluding hydrogens is 493 g/mol. The summed E-state index contributed by atoms with van der Waals surface area (Å²) in [6, 6.07) is 10.1. The van der Waals surface area contributed by atoms with E-state index in [-0.39, 0.29) is 5.82 Å². The van der Waals surface area contributed by atoms with Crippen LogP contribution in [-0.4, -0.2) is 9.55 Å². The molecule has 0 amide bonds. The minimum atomic E-state index is -0.325. The van der Waals surface area contributed by atoms with E-state index < -0.39 is 0 Å². The number of allylic oxidation sites excluding steroid dienone is 1. The molecular formula is C36H56FN3. The van der Waals surface area contributed by atoms with Crippen LogP contribution < -0.4 is 5.32 Å². The molecule has 0 aliphatic heterocycles. The second kappa shape index (κ2) is 16.6. The molecule has 222 valence electrons. The number of pyridine rings is 1. The number of fused-ring (bicyclic) bond motifs is 1. The quantitative estimate of drug-likeness (QED) is 0.217. The van der Waals surface area contributed by atoms with Crippen LogP contribution in [0, 0.1) is 42.3 Å². The van der Waals surface area contributed by atoms with E-state index in [4.69, 9.17) is 0 Å². The number of benzene rings is 1. The SMILES string of the molecule is C=C(Nc1ccc(F)cn1)C(CC(C)CCC(Cc1ccc2c(c1)c(C)cn2C)C(C)C)C(C)C.CCCCC. The number of hydrogen-bond donors (Lipinski definition) is 1. The predicted octanol–water partition coefficient (Wildman–Crippen LogP) is 10.7. The maximum atomic E-state index is 13.2. The number of aromatic nitrogens is 2. The van der Waals surface area contributed by atoms with Crippen LogP contribution >= 0.6 is 0 Å². The first-order valence-electron chi connectivity index (χ1n) is 15.6. The van der Waals surface area contributed by atoms with Crippen molar-refractivity contribution in [3.63, 3.8) is 0 Å². The lowest BCUT2D eigenvalue weighted by Gasteiger charge is -2.28. The molecule has 3 rings (SSSR count). The summed E-state index contributed by atoms with van der Waals surface area (Å²) >= 11 is 0. The Labute approximate surface area is 244 Å². The second-order valence-corrected chi connectivity index (χ2v) is 12.6. The standard InChI is InChI=1S/C31H44FN3.C5H12/c1-20(2)26(16-25-10-13-30-29(17-25)23(6)19-35(30)8)11-9-22(5)15-28(21(3)4)24(7)34-31-14-12-27(32)18-33-31;1-3-5-4-2/h10,12-14,17-22,26,28H,7,9,11,15-16H2,1-6,8H3,(H,33,34);3-5H2,1-2H3. The molecule has 40 heavy (non-hydrogen) atoms. The number of nitrogens with one attached hydrogen (secondary N) is 1. The van der Waals surface area contributed by atoms with Crippen molar-refractivity contribution in [1.29, 1.82) is 0 Å². The summed E-state index contributed by atoms with van der Waals surface area (Å²) in [5.41, 5.74) is 5.08. The van der Waals surface area contributed by atoms with Gasteiger partial charge in [0.25, 0.3) is 0 Å². The highest BCUT2D eigenvalue weighted by molar-refractivity contribution is 5.84. The summed E-state index contributed by atoms with van der Waals surface area (Å²) in [6.45, 7) is 22.5. The molecule has 4 heteroatoms. The van der Waals surface area contributed by atoms with Gasteiger partial charge in [-0.1, -0.05) is 86.8 Å². The Bertz CT molecular complexity index is 1160. The largest absolute Gasteiger partial charge is 0.350 e. The van der Waals surface area contributed by atoms with Crippen molar-refractivity contribution >= 4 is 16.7 Å². The van der Waals surface area contributed by atoms with E-state index in [9.17, 15) is 4.39 Å². The molecule has 2 heterocycles. The molecule has 0 aliphatic carbocycles. The number of unbranched alkanes of at least 4 members (excludes halogenated alkanes) is 2. The molecule has 3 atom stereocenters. The Kier molecular flexibility index (Phi) is 13.9. The number of anilines is 1. The second-order valence-electron chi connectivity index (χ2n) is 12.6. The molecule has 2 aromatic heterocycles. The van der Waals surface area contributed by atoms with Crippen LogP contribution in [0.1, 0.15) is 98.1 Å². The van der Waals surface area contributed by atoms with Gasteiger partial charge in [0.15, 0.2) is 0 Å². The monoisotopic (exact) mass is 549 g/mol. The number of aryl methyl sites for hydroxylation is 2. The molecule has 0 saturated heterocycles. The van der Waals surface area contributed by atoms with Crippen molar-refractivity contribution in [2.24, 2.45) is 36.6 Å². The average molecular weight is 550 g/mol. The molecule has 3 aromatic rings. The third-order valence-corrected chi connectivity index (χ3v) is 8.36. The van der Waals surface area contributed by atoms with Gasteiger partial charge in [-0.15, -0.1) is 0 Å². The van der Waals surface area contributed by atoms with Crippen molar-refractivity contribution in [3.05, 3.63) is 71.9 Å². The number of rotatable bonds is 14. The Morgan fingerprint density at radius 2 is 1.70 bits per heavy atom. The highest BCUT2D eigenvalue weighted by Crippen LogP contribution is 2.32. The molecule has 0 saturated carbocycles. The lowest BCUT2D eigenvalue weighted by molar-refractivity contribution is 0.288. The van der Waals surface area contributed by atoms with Crippen LogP contribution in [0.3, 0.4) is 0 Å². The lowest BCUT2D eigenvalue weighted by Crippen LogP contribution is -2.21. The van der Waals surface area contributed by atoms with Gasteiger partial charge in [0, 0.05) is 35.8 Å². The normalized spacial score (nSPS) is 13.7. The lowest BCUT2D eigenvalue weighted by atomic mass is 9.79. The van der Waals surface area contributed by atoms with Gasteiger partial charge >= 0.3 is 0 Å². The molecule has 0 spiro atoms. The third kappa shape index (κ3) is 10.4. The van der Waals surface area contributed by atoms with Gasteiger partial charge in [-0.05, 0) is 85.3 Å². The molecule has 1 N–H and O–H groups in total. The summed E-state index contributed by atoms with van der Waals surface area (Å²) in [4.78, 5) is 4.14. The van der Waals surface area contributed by atoms with Gasteiger partial charge in [-0.2, -0.15) is 0 Å². The van der Waals surface area contributed by atoms with Crippen molar-refractivity contribution in [2.45, 2.75) is 100 Å². The molecule has 3 nitrogen and oxygen atoms in total. The van der Waals surface area contributed by atoms with Gasteiger partial charge in [-0.3, -0.25) is 0 Å². The molecule has 0 aliphatic rings. The van der Waals surface area contributed by atoms with E-state index in [0.717, 1.165) is 18.5 Å². The fourth-order valence-electron chi connectivity index (χ4n) is 5.66. The number of nitrogens with zero attached hydrogens (tertiary/aromatic N) is 2. The Balaban J connectivity index is 0.00000103. The fourth-order valence-corrected chi connectivity index (χ4v) is 5.66. The van der Waals surface area contributed by atoms with Crippen LogP contribution in [-0.2, 0) is 13.5 Å². The smallest absolute Gasteiger partial charge is 0.141 e. The van der Waals surface area contributed by atoms with Gasteiger partial charge < -0.3 is 9.88 Å². The van der Waals surface area contributed by atoms with E-state index in [1.807, 2.05) is 0 Å². The van der Waals surface area contributed by atoms with Crippen LogP contribution in [0.15, 0.2) is 55.0 Å². The van der Waals surface area contributed by atoms with E-state index in [2.05, 4.69) is 108 Å². The highest BCUT2D eigenvalue weighted by atomic mass is 19.1. The summed E-state index contributed by atoms with van der Waals surface area (Å²) in [7, 11) is 2.12. The predicted molar refractivity (Wildman–Crippen MR) is 173 cm³/mol. The summed E-state index contributed by atoms with van der Waals surface area (Å²) in [5.74, 6) is 3.06. The first-order valence-corrected chi connectivity index (χ1v) is 15.6. The van der Waals surface area contributed by atoms with Crippen LogP contribution in [0.5, 0.6) is 0 Å². The van der Waals surface area contributed by atoms with Crippen LogP contribution in [0.25, 0.3) is 10.9 Å². The average Bonchev–Trinajstić information content (AvgIpc) is 3.19. The van der Waals surface area contributed by atoms with Crippen molar-refractivity contribution in [2.75, 3.05) is 5.32 Å². The van der Waals surface area contributed by atoms with Gasteiger partial charge in [0.1, 0.15) is 11.6 Å². The number of hydrogen-bond acceptors (Lipinski definition) is 2. The maximum Gasteiger partial charge on any atom is 0.141 e. The maximum absolute atomic E-state index is 13.2. The van der Waals surface area contributed by atoms with Crippen LogP contribution in [0.2, 0.25) is 0 Å². The zero-order valence-corrected chi connectivity index (χ0v) is 26.9. The van der Waals surface area contributed by atoms with Crippen LogP contribution in [0.4, 0.5) is 10.2 Å². The molecule has 0 bridgehead atoms. The highest BCUT2D eigenvalue weighted by Gasteiger charge is 2.22. The van der Waals surface area contributed by atoms with E-state index in [1.54, 1.807) is 6.07 Å². The molecule has 0 fully saturated rings. The van der Waals surface area contributed by atoms with Crippen molar-refractivity contribution < 1.29 is 4.39 Å². The summed E-state index contributed by atoms with van der Waals surface area (Å²) < 4.78 is 15.4. The molecule has 1 aromatic carbocycles. The summed E-state index contributed by atoms with van der Waals surface area (Å²) in [5, 5.41) is 4.70. The summed E-state index contributed by atoms with van der Waals surface area (Å²) in [6.07, 6.45) is 12.2. The topological polar surface area (TPSA) is 29.9 Å². The van der Waals surface area contributed by atoms with Crippen molar-refractivity contribution in [1.82, 2.24) is 9.55 Å². The fraction of sp³-hybridized carbons (Fsp3) is 0.583. The first kappa shape index (κ1) is 33.6. The zero-order valence-electron chi connectivity index (χ0n) is 26.9. The van der Waals surface area contributed by atoms with E-state index in [0.29, 0.717) is 35.4 Å². The Morgan fingerprint density at radius 1 is 1.00 bits per heavy atom. The molecule has 3 unspecified atom stereocenters. The van der Waals surface area contributed by atoms with E-state index in [1.165, 1.54) is 66.4 Å². The van der Waals surface area contributed by atoms with E-state index >= 15 is 0 Å². The minimum absolute atomic E-state index is 0.325.